The summed E-state index contributed by atoms with van der Waals surface area (Å²) in [6, 6.07) is 7.01. The Balaban J connectivity index is 2.32. The Morgan fingerprint density at radius 1 is 1.17 bits per heavy atom. The monoisotopic (exact) mass is 270 g/mol. The number of hydrogen-bond donors (Lipinski definition) is 2. The summed E-state index contributed by atoms with van der Waals surface area (Å²) < 4.78 is 4.75. The largest absolute Gasteiger partial charge is 0.383 e. The SMILES string of the molecule is COCCNC(=O)C(=O)NCc1ccc(Cl)cc1. The summed E-state index contributed by atoms with van der Waals surface area (Å²) in [7, 11) is 1.52. The third kappa shape index (κ3) is 5.16. The van der Waals surface area contributed by atoms with Crippen molar-refractivity contribution in [2.75, 3.05) is 20.3 Å². The van der Waals surface area contributed by atoms with Crippen molar-refractivity contribution in [3.63, 3.8) is 0 Å². The highest BCUT2D eigenvalue weighted by Gasteiger charge is 2.11. The van der Waals surface area contributed by atoms with E-state index in [2.05, 4.69) is 10.6 Å². The van der Waals surface area contributed by atoms with Crippen LogP contribution in [0.2, 0.25) is 5.02 Å². The Bertz CT molecular complexity index is 406. The maximum absolute atomic E-state index is 11.4. The molecule has 0 saturated heterocycles. The lowest BCUT2D eigenvalue weighted by Crippen LogP contribution is -2.40. The lowest BCUT2D eigenvalue weighted by molar-refractivity contribution is -0.139. The van der Waals surface area contributed by atoms with Gasteiger partial charge >= 0.3 is 11.8 Å². The van der Waals surface area contributed by atoms with Gasteiger partial charge in [-0.1, -0.05) is 23.7 Å². The normalized spacial score (nSPS) is 9.89. The van der Waals surface area contributed by atoms with Crippen LogP contribution >= 0.6 is 11.6 Å². The molecule has 1 aromatic rings. The molecule has 1 aromatic carbocycles. The van der Waals surface area contributed by atoms with Crippen LogP contribution < -0.4 is 10.6 Å². The fourth-order valence-electron chi connectivity index (χ4n) is 1.21. The van der Waals surface area contributed by atoms with Crippen molar-refractivity contribution in [1.82, 2.24) is 10.6 Å². The van der Waals surface area contributed by atoms with Crippen LogP contribution in [0, 0.1) is 0 Å². The minimum Gasteiger partial charge on any atom is -0.383 e. The van der Waals surface area contributed by atoms with Gasteiger partial charge in [0.1, 0.15) is 0 Å². The van der Waals surface area contributed by atoms with Gasteiger partial charge in [0, 0.05) is 25.2 Å². The topological polar surface area (TPSA) is 67.4 Å². The van der Waals surface area contributed by atoms with Gasteiger partial charge in [-0.15, -0.1) is 0 Å². The van der Waals surface area contributed by atoms with Crippen LogP contribution in [0.4, 0.5) is 0 Å². The van der Waals surface area contributed by atoms with Crippen molar-refractivity contribution in [3.8, 4) is 0 Å². The van der Waals surface area contributed by atoms with Gasteiger partial charge in [-0.05, 0) is 17.7 Å². The van der Waals surface area contributed by atoms with Gasteiger partial charge < -0.3 is 15.4 Å². The van der Waals surface area contributed by atoms with Crippen LogP contribution in [-0.4, -0.2) is 32.1 Å². The molecule has 5 nitrogen and oxygen atoms in total. The second-order valence-corrected chi connectivity index (χ2v) is 3.99. The Kier molecular flexibility index (Phi) is 6.18. The van der Waals surface area contributed by atoms with Gasteiger partial charge in [0.15, 0.2) is 0 Å². The molecule has 1 rings (SSSR count). The second-order valence-electron chi connectivity index (χ2n) is 3.56. The van der Waals surface area contributed by atoms with E-state index in [4.69, 9.17) is 16.3 Å². The van der Waals surface area contributed by atoms with Crippen LogP contribution in [-0.2, 0) is 20.9 Å². The zero-order chi connectivity index (χ0) is 13.4. The molecule has 98 valence electrons. The number of rotatable bonds is 5. The Labute approximate surface area is 110 Å². The minimum absolute atomic E-state index is 0.285. The van der Waals surface area contributed by atoms with Crippen molar-refractivity contribution in [2.24, 2.45) is 0 Å². The quantitative estimate of drug-likeness (QED) is 0.612. The summed E-state index contributed by atoms with van der Waals surface area (Å²) in [5.74, 6) is -1.33. The van der Waals surface area contributed by atoms with Crippen LogP contribution in [0.5, 0.6) is 0 Å². The zero-order valence-corrected chi connectivity index (χ0v) is 10.8. The fraction of sp³-hybridized carbons (Fsp3) is 0.333. The van der Waals surface area contributed by atoms with Gasteiger partial charge in [0.05, 0.1) is 6.61 Å². The first-order valence-corrected chi connectivity index (χ1v) is 5.80. The van der Waals surface area contributed by atoms with E-state index in [1.807, 2.05) is 0 Å². The Hall–Kier alpha value is -1.59. The second kappa shape index (κ2) is 7.68. The van der Waals surface area contributed by atoms with E-state index in [1.165, 1.54) is 7.11 Å². The Morgan fingerprint density at radius 2 is 1.78 bits per heavy atom. The first-order chi connectivity index (χ1) is 8.63. The highest BCUT2D eigenvalue weighted by atomic mass is 35.5. The molecular weight excluding hydrogens is 256 g/mol. The standard InChI is InChI=1S/C12H15ClN2O3/c1-18-7-6-14-11(16)12(17)15-8-9-2-4-10(13)5-3-9/h2-5H,6-8H2,1H3,(H,14,16)(H,15,17). The van der Waals surface area contributed by atoms with Crippen molar-refractivity contribution in [3.05, 3.63) is 34.9 Å². The molecule has 0 saturated carbocycles. The van der Waals surface area contributed by atoms with E-state index < -0.39 is 11.8 Å². The molecular formula is C12H15ClN2O3. The number of amides is 2. The van der Waals surface area contributed by atoms with Gasteiger partial charge in [-0.2, -0.15) is 0 Å². The molecule has 0 bridgehead atoms. The fourth-order valence-corrected chi connectivity index (χ4v) is 1.34. The van der Waals surface area contributed by atoms with Crippen molar-refractivity contribution in [1.29, 1.82) is 0 Å². The summed E-state index contributed by atoms with van der Waals surface area (Å²) in [5.41, 5.74) is 0.873. The number of methoxy groups -OCH3 is 1. The highest BCUT2D eigenvalue weighted by molar-refractivity contribution is 6.35. The molecule has 0 aliphatic rings. The van der Waals surface area contributed by atoms with E-state index in [0.29, 0.717) is 18.2 Å². The molecule has 0 heterocycles. The van der Waals surface area contributed by atoms with Gasteiger partial charge in [-0.25, -0.2) is 0 Å². The molecule has 0 aromatic heterocycles. The minimum atomic E-state index is -0.666. The number of nitrogens with one attached hydrogen (secondary N) is 2. The van der Waals surface area contributed by atoms with E-state index >= 15 is 0 Å². The average Bonchev–Trinajstić information content (AvgIpc) is 2.38. The van der Waals surface area contributed by atoms with Gasteiger partial charge in [-0.3, -0.25) is 9.59 Å². The number of halogens is 1. The molecule has 18 heavy (non-hydrogen) atoms. The first kappa shape index (κ1) is 14.5. The third-order valence-electron chi connectivity index (χ3n) is 2.16. The molecule has 0 atom stereocenters. The van der Waals surface area contributed by atoms with Crippen molar-refractivity contribution >= 4 is 23.4 Å². The molecule has 2 amide bonds. The molecule has 2 N–H and O–H groups in total. The Morgan fingerprint density at radius 3 is 2.39 bits per heavy atom. The summed E-state index contributed by atoms with van der Waals surface area (Å²) in [4.78, 5) is 22.7. The third-order valence-corrected chi connectivity index (χ3v) is 2.42. The predicted octanol–water partition coefficient (Wildman–Crippen LogP) is 0.719. The molecule has 0 aliphatic carbocycles. The summed E-state index contributed by atoms with van der Waals surface area (Å²) in [6.45, 7) is 0.966. The number of carbonyl (C=O) groups is 2. The van der Waals surface area contributed by atoms with Crippen LogP contribution in [0.3, 0.4) is 0 Å². The van der Waals surface area contributed by atoms with E-state index in [-0.39, 0.29) is 6.54 Å². The van der Waals surface area contributed by atoms with Crippen molar-refractivity contribution in [2.45, 2.75) is 6.54 Å². The smallest absolute Gasteiger partial charge is 0.309 e. The first-order valence-electron chi connectivity index (χ1n) is 5.43. The number of carbonyl (C=O) groups excluding carboxylic acids is 2. The lowest BCUT2D eigenvalue weighted by atomic mass is 10.2. The number of hydrogen-bond acceptors (Lipinski definition) is 3. The van der Waals surface area contributed by atoms with E-state index in [1.54, 1.807) is 24.3 Å². The predicted molar refractivity (Wildman–Crippen MR) is 68.2 cm³/mol. The average molecular weight is 271 g/mol. The number of ether oxygens (including phenoxy) is 1. The summed E-state index contributed by atoms with van der Waals surface area (Å²) in [5, 5.41) is 5.57. The maximum Gasteiger partial charge on any atom is 0.309 e. The summed E-state index contributed by atoms with van der Waals surface area (Å²) in [6.07, 6.45) is 0. The molecule has 0 radical (unpaired) electrons. The maximum atomic E-state index is 11.4. The number of benzene rings is 1. The molecule has 6 heteroatoms. The van der Waals surface area contributed by atoms with Crippen LogP contribution in [0.25, 0.3) is 0 Å². The van der Waals surface area contributed by atoms with Crippen molar-refractivity contribution < 1.29 is 14.3 Å². The van der Waals surface area contributed by atoms with Crippen LogP contribution in [0.15, 0.2) is 24.3 Å². The molecule has 0 fully saturated rings. The summed E-state index contributed by atoms with van der Waals surface area (Å²) >= 11 is 5.73. The van der Waals surface area contributed by atoms with E-state index in [9.17, 15) is 9.59 Å². The van der Waals surface area contributed by atoms with Gasteiger partial charge in [0.25, 0.3) is 0 Å². The molecule has 0 aliphatic heterocycles. The van der Waals surface area contributed by atoms with Crippen LogP contribution in [0.1, 0.15) is 5.56 Å². The van der Waals surface area contributed by atoms with Gasteiger partial charge in [0.2, 0.25) is 0 Å². The lowest BCUT2D eigenvalue weighted by Gasteiger charge is -2.06. The molecule has 0 unspecified atom stereocenters. The highest BCUT2D eigenvalue weighted by Crippen LogP contribution is 2.08. The zero-order valence-electron chi connectivity index (χ0n) is 10.0. The van der Waals surface area contributed by atoms with E-state index in [0.717, 1.165) is 5.56 Å². The molecule has 0 spiro atoms.